The summed E-state index contributed by atoms with van der Waals surface area (Å²) in [4.78, 5) is 2.19. The number of benzene rings is 2. The largest absolute Gasteiger partial charge is 0.311 e. The highest BCUT2D eigenvalue weighted by atomic mass is 15.1. The van der Waals surface area contributed by atoms with E-state index >= 15 is 0 Å². The van der Waals surface area contributed by atoms with Crippen LogP contribution in [0.2, 0.25) is 0 Å². The van der Waals surface area contributed by atoms with Crippen LogP contribution < -0.4 is 5.32 Å². The zero-order valence-corrected chi connectivity index (χ0v) is 11.8. The lowest BCUT2D eigenvalue weighted by molar-refractivity contribution is 0.400. The Morgan fingerprint density at radius 3 is 2.11 bits per heavy atom. The Labute approximate surface area is 116 Å². The van der Waals surface area contributed by atoms with Crippen LogP contribution in [0.3, 0.4) is 0 Å². The number of nitrogens with zero attached hydrogens (tertiary/aromatic N) is 1. The van der Waals surface area contributed by atoms with Crippen molar-refractivity contribution in [3.05, 3.63) is 60.2 Å². The molecule has 0 fully saturated rings. The quantitative estimate of drug-likeness (QED) is 0.797. The normalized spacial score (nSPS) is 10.9. The van der Waals surface area contributed by atoms with Gasteiger partial charge in [0.2, 0.25) is 0 Å². The summed E-state index contributed by atoms with van der Waals surface area (Å²) in [6, 6.07) is 19.3. The fourth-order valence-electron chi connectivity index (χ4n) is 1.98. The van der Waals surface area contributed by atoms with Crippen LogP contribution in [-0.2, 0) is 6.54 Å². The van der Waals surface area contributed by atoms with Crippen molar-refractivity contribution in [3.63, 3.8) is 0 Å². The van der Waals surface area contributed by atoms with E-state index in [9.17, 15) is 0 Å². The molecule has 0 atom stereocenters. The summed E-state index contributed by atoms with van der Waals surface area (Å²) in [5.41, 5.74) is 3.88. The van der Waals surface area contributed by atoms with Crippen molar-refractivity contribution in [2.24, 2.45) is 0 Å². The highest BCUT2D eigenvalue weighted by Gasteiger charge is 1.97. The van der Waals surface area contributed by atoms with Gasteiger partial charge in [-0.25, -0.2) is 0 Å². The number of nitrogens with one attached hydrogen (secondary N) is 1. The molecule has 0 aliphatic rings. The first-order valence-corrected chi connectivity index (χ1v) is 6.75. The number of hydrogen-bond donors (Lipinski definition) is 1. The van der Waals surface area contributed by atoms with Gasteiger partial charge in [-0.3, -0.25) is 0 Å². The molecule has 19 heavy (non-hydrogen) atoms. The Morgan fingerprint density at radius 1 is 0.842 bits per heavy atom. The minimum Gasteiger partial charge on any atom is -0.311 e. The van der Waals surface area contributed by atoms with Crippen LogP contribution in [0.4, 0.5) is 0 Å². The summed E-state index contributed by atoms with van der Waals surface area (Å²) in [6.07, 6.45) is 0. The van der Waals surface area contributed by atoms with Gasteiger partial charge in [0.15, 0.2) is 0 Å². The van der Waals surface area contributed by atoms with E-state index in [1.54, 1.807) is 0 Å². The van der Waals surface area contributed by atoms with Crippen LogP contribution in [0.5, 0.6) is 0 Å². The van der Waals surface area contributed by atoms with Gasteiger partial charge >= 0.3 is 0 Å². The molecule has 2 aromatic carbocycles. The molecule has 0 radical (unpaired) electrons. The lowest BCUT2D eigenvalue weighted by atomic mass is 10.0. The molecule has 1 N–H and O–H groups in total. The van der Waals surface area contributed by atoms with Crippen LogP contribution in [0.15, 0.2) is 54.6 Å². The molecular formula is C17H22N2. The Bertz CT molecular complexity index is 474. The van der Waals surface area contributed by atoms with Crippen molar-refractivity contribution in [1.29, 1.82) is 0 Å². The maximum atomic E-state index is 3.45. The van der Waals surface area contributed by atoms with Crippen molar-refractivity contribution in [3.8, 4) is 11.1 Å². The first-order valence-electron chi connectivity index (χ1n) is 6.75. The highest BCUT2D eigenvalue weighted by Crippen LogP contribution is 2.18. The molecule has 0 saturated heterocycles. The molecule has 0 amide bonds. The molecule has 2 rings (SSSR count). The topological polar surface area (TPSA) is 15.3 Å². The van der Waals surface area contributed by atoms with Gasteiger partial charge in [-0.2, -0.15) is 0 Å². The molecule has 0 aromatic heterocycles. The van der Waals surface area contributed by atoms with E-state index in [1.807, 2.05) is 6.07 Å². The van der Waals surface area contributed by atoms with Crippen molar-refractivity contribution < 1.29 is 0 Å². The summed E-state index contributed by atoms with van der Waals surface area (Å²) in [5, 5.41) is 3.45. The SMILES string of the molecule is CN(C)CCNCc1ccc(-c2ccccc2)cc1. The van der Waals surface area contributed by atoms with Gasteiger partial charge in [0.25, 0.3) is 0 Å². The predicted molar refractivity (Wildman–Crippen MR) is 82.1 cm³/mol. The zero-order valence-electron chi connectivity index (χ0n) is 11.8. The Hall–Kier alpha value is -1.64. The summed E-state index contributed by atoms with van der Waals surface area (Å²) in [5.74, 6) is 0. The zero-order chi connectivity index (χ0) is 13.5. The first kappa shape index (κ1) is 13.8. The molecule has 0 unspecified atom stereocenters. The van der Waals surface area contributed by atoms with Gasteiger partial charge < -0.3 is 10.2 Å². The summed E-state index contributed by atoms with van der Waals surface area (Å²) >= 11 is 0. The van der Waals surface area contributed by atoms with E-state index in [-0.39, 0.29) is 0 Å². The van der Waals surface area contributed by atoms with E-state index in [0.29, 0.717) is 0 Å². The van der Waals surface area contributed by atoms with Crippen LogP contribution in [0, 0.1) is 0 Å². The van der Waals surface area contributed by atoms with Gasteiger partial charge in [-0.15, -0.1) is 0 Å². The van der Waals surface area contributed by atoms with Crippen molar-refractivity contribution >= 4 is 0 Å². The second-order valence-corrected chi connectivity index (χ2v) is 5.04. The van der Waals surface area contributed by atoms with Crippen molar-refractivity contribution in [2.75, 3.05) is 27.2 Å². The smallest absolute Gasteiger partial charge is 0.0206 e. The molecular weight excluding hydrogens is 232 g/mol. The van der Waals surface area contributed by atoms with Gasteiger partial charge in [0.05, 0.1) is 0 Å². The average Bonchev–Trinajstić information content (AvgIpc) is 2.45. The molecule has 0 aliphatic heterocycles. The second kappa shape index (κ2) is 7.07. The van der Waals surface area contributed by atoms with E-state index in [2.05, 4.69) is 72.8 Å². The molecule has 2 aromatic rings. The standard InChI is InChI=1S/C17H22N2/c1-19(2)13-12-18-14-15-8-10-17(11-9-15)16-6-4-3-5-7-16/h3-11,18H,12-14H2,1-2H3. The van der Waals surface area contributed by atoms with E-state index in [4.69, 9.17) is 0 Å². The van der Waals surface area contributed by atoms with E-state index in [1.165, 1.54) is 16.7 Å². The molecule has 0 saturated carbocycles. The minimum atomic E-state index is 0.933. The molecule has 2 heteroatoms. The monoisotopic (exact) mass is 254 g/mol. The molecule has 0 spiro atoms. The third-order valence-corrected chi connectivity index (χ3v) is 3.13. The van der Waals surface area contributed by atoms with Gasteiger partial charge in [-0.05, 0) is 30.8 Å². The Balaban J connectivity index is 1.88. The number of rotatable bonds is 6. The molecule has 0 heterocycles. The lowest BCUT2D eigenvalue weighted by Gasteiger charge is -2.10. The molecule has 0 bridgehead atoms. The van der Waals surface area contributed by atoms with Crippen LogP contribution in [-0.4, -0.2) is 32.1 Å². The summed E-state index contributed by atoms with van der Waals surface area (Å²) < 4.78 is 0. The first-order chi connectivity index (χ1) is 9.25. The second-order valence-electron chi connectivity index (χ2n) is 5.04. The van der Waals surface area contributed by atoms with Crippen molar-refractivity contribution in [1.82, 2.24) is 10.2 Å². The maximum absolute atomic E-state index is 3.45. The van der Waals surface area contributed by atoms with Gasteiger partial charge in [0, 0.05) is 19.6 Å². The Morgan fingerprint density at radius 2 is 1.47 bits per heavy atom. The van der Waals surface area contributed by atoms with Crippen LogP contribution >= 0.6 is 0 Å². The van der Waals surface area contributed by atoms with Crippen molar-refractivity contribution in [2.45, 2.75) is 6.54 Å². The molecule has 100 valence electrons. The third kappa shape index (κ3) is 4.51. The fourth-order valence-corrected chi connectivity index (χ4v) is 1.98. The van der Waals surface area contributed by atoms with Crippen LogP contribution in [0.25, 0.3) is 11.1 Å². The number of likely N-dealkylation sites (N-methyl/N-ethyl adjacent to an activating group) is 1. The van der Waals surface area contributed by atoms with Gasteiger partial charge in [-0.1, -0.05) is 54.6 Å². The average molecular weight is 254 g/mol. The fraction of sp³-hybridized carbons (Fsp3) is 0.294. The molecule has 0 aliphatic carbocycles. The Kier molecular flexibility index (Phi) is 5.13. The minimum absolute atomic E-state index is 0.933. The maximum Gasteiger partial charge on any atom is 0.0206 e. The van der Waals surface area contributed by atoms with Crippen LogP contribution in [0.1, 0.15) is 5.56 Å². The van der Waals surface area contributed by atoms with E-state index in [0.717, 1.165) is 19.6 Å². The molecule has 2 nitrogen and oxygen atoms in total. The van der Waals surface area contributed by atoms with E-state index < -0.39 is 0 Å². The highest BCUT2D eigenvalue weighted by molar-refractivity contribution is 5.63. The third-order valence-electron chi connectivity index (χ3n) is 3.13. The summed E-state index contributed by atoms with van der Waals surface area (Å²) in [7, 11) is 4.19. The lowest BCUT2D eigenvalue weighted by Crippen LogP contribution is -2.26. The summed E-state index contributed by atoms with van der Waals surface area (Å²) in [6.45, 7) is 3.03. The van der Waals surface area contributed by atoms with Gasteiger partial charge in [0.1, 0.15) is 0 Å². The number of hydrogen-bond acceptors (Lipinski definition) is 2. The predicted octanol–water partition coefficient (Wildman–Crippen LogP) is 3.00.